The van der Waals surface area contributed by atoms with Gasteiger partial charge in [-0.15, -0.1) is 6.42 Å². The predicted octanol–water partition coefficient (Wildman–Crippen LogP) is 1.65. The minimum Gasteiger partial charge on any atom is -0.360 e. The van der Waals surface area contributed by atoms with E-state index in [4.69, 9.17) is 6.42 Å². The van der Waals surface area contributed by atoms with Crippen LogP contribution in [0.3, 0.4) is 0 Å². The van der Waals surface area contributed by atoms with Gasteiger partial charge >= 0.3 is 0 Å². The largest absolute Gasteiger partial charge is 0.360 e. The highest BCUT2D eigenvalue weighted by atomic mass is 15.1. The lowest BCUT2D eigenvalue weighted by Gasteiger charge is -2.24. The number of terminal acetylenes is 1. The van der Waals surface area contributed by atoms with Gasteiger partial charge in [0.25, 0.3) is 0 Å². The van der Waals surface area contributed by atoms with Crippen LogP contribution in [-0.2, 0) is 6.54 Å². The SMILES string of the molecule is C#CCN(CCC)c1ccncc1CNC. The lowest BCUT2D eigenvalue weighted by molar-refractivity contribution is 0.781. The molecular weight excluding hydrogens is 198 g/mol. The molecular formula is C13H19N3. The molecule has 0 saturated heterocycles. The molecule has 0 aliphatic rings. The Morgan fingerprint density at radius 1 is 1.56 bits per heavy atom. The summed E-state index contributed by atoms with van der Waals surface area (Å²) in [7, 11) is 1.93. The number of aromatic nitrogens is 1. The summed E-state index contributed by atoms with van der Waals surface area (Å²) >= 11 is 0. The Kier molecular flexibility index (Phi) is 5.38. The standard InChI is InChI=1S/C13H19N3/c1-4-8-16(9-5-2)13-6-7-15-11-12(13)10-14-3/h1,6-7,11,14H,5,8-10H2,2-3H3. The number of anilines is 1. The van der Waals surface area contributed by atoms with E-state index >= 15 is 0 Å². The Balaban J connectivity index is 2.93. The molecule has 0 radical (unpaired) electrons. The molecule has 1 aromatic heterocycles. The molecule has 1 rings (SSSR count). The number of hydrogen-bond acceptors (Lipinski definition) is 3. The Hall–Kier alpha value is -1.53. The van der Waals surface area contributed by atoms with E-state index in [0.29, 0.717) is 6.54 Å². The predicted molar refractivity (Wildman–Crippen MR) is 68.3 cm³/mol. The number of nitrogens with zero attached hydrogens (tertiary/aromatic N) is 2. The van der Waals surface area contributed by atoms with Gasteiger partial charge in [0, 0.05) is 36.7 Å². The van der Waals surface area contributed by atoms with E-state index in [1.54, 1.807) is 0 Å². The summed E-state index contributed by atoms with van der Waals surface area (Å²) in [4.78, 5) is 6.36. The van der Waals surface area contributed by atoms with Gasteiger partial charge in [0.05, 0.1) is 6.54 Å². The first-order valence-corrected chi connectivity index (χ1v) is 5.59. The summed E-state index contributed by atoms with van der Waals surface area (Å²) in [6.07, 6.45) is 10.2. The average molecular weight is 217 g/mol. The molecule has 1 heterocycles. The van der Waals surface area contributed by atoms with Crippen LogP contribution in [0.15, 0.2) is 18.5 Å². The third-order valence-corrected chi connectivity index (χ3v) is 2.36. The Labute approximate surface area is 97.9 Å². The second kappa shape index (κ2) is 6.86. The van der Waals surface area contributed by atoms with Gasteiger partial charge in [-0.3, -0.25) is 4.98 Å². The second-order valence-corrected chi connectivity index (χ2v) is 3.66. The first kappa shape index (κ1) is 12.5. The van der Waals surface area contributed by atoms with Crippen LogP contribution in [0, 0.1) is 12.3 Å². The summed E-state index contributed by atoms with van der Waals surface area (Å²) in [5.74, 6) is 2.71. The van der Waals surface area contributed by atoms with E-state index < -0.39 is 0 Å². The Morgan fingerprint density at radius 2 is 2.38 bits per heavy atom. The third-order valence-electron chi connectivity index (χ3n) is 2.36. The van der Waals surface area contributed by atoms with Crippen molar-refractivity contribution in [2.24, 2.45) is 0 Å². The van der Waals surface area contributed by atoms with Crippen molar-refractivity contribution in [3.63, 3.8) is 0 Å². The molecule has 0 aliphatic carbocycles. The van der Waals surface area contributed by atoms with Gasteiger partial charge < -0.3 is 10.2 Å². The highest BCUT2D eigenvalue weighted by Crippen LogP contribution is 2.19. The van der Waals surface area contributed by atoms with Gasteiger partial charge in [-0.05, 0) is 19.5 Å². The van der Waals surface area contributed by atoms with Gasteiger partial charge in [0.2, 0.25) is 0 Å². The van der Waals surface area contributed by atoms with Gasteiger partial charge in [0.15, 0.2) is 0 Å². The van der Waals surface area contributed by atoms with Crippen LogP contribution in [0.4, 0.5) is 5.69 Å². The normalized spacial score (nSPS) is 9.81. The van der Waals surface area contributed by atoms with E-state index in [1.165, 1.54) is 11.3 Å². The van der Waals surface area contributed by atoms with Gasteiger partial charge in [-0.25, -0.2) is 0 Å². The van der Waals surface area contributed by atoms with Crippen molar-refractivity contribution < 1.29 is 0 Å². The first-order chi connectivity index (χ1) is 7.83. The topological polar surface area (TPSA) is 28.2 Å². The number of pyridine rings is 1. The average Bonchev–Trinajstić information content (AvgIpc) is 2.30. The molecule has 0 aliphatic heterocycles. The molecule has 86 valence electrons. The summed E-state index contributed by atoms with van der Waals surface area (Å²) in [6.45, 7) is 4.59. The van der Waals surface area contributed by atoms with Crippen LogP contribution in [0.5, 0.6) is 0 Å². The quantitative estimate of drug-likeness (QED) is 0.734. The maximum atomic E-state index is 5.40. The number of nitrogens with one attached hydrogen (secondary N) is 1. The van der Waals surface area contributed by atoms with Crippen molar-refractivity contribution in [1.29, 1.82) is 0 Å². The highest BCUT2D eigenvalue weighted by molar-refractivity contribution is 5.53. The van der Waals surface area contributed by atoms with Crippen molar-refractivity contribution in [2.45, 2.75) is 19.9 Å². The van der Waals surface area contributed by atoms with Crippen molar-refractivity contribution >= 4 is 5.69 Å². The van der Waals surface area contributed by atoms with E-state index in [9.17, 15) is 0 Å². The number of rotatable bonds is 6. The number of hydrogen-bond donors (Lipinski definition) is 1. The summed E-state index contributed by atoms with van der Waals surface area (Å²) in [5.41, 5.74) is 2.37. The van der Waals surface area contributed by atoms with Crippen molar-refractivity contribution in [2.75, 3.05) is 25.0 Å². The maximum absolute atomic E-state index is 5.40. The van der Waals surface area contributed by atoms with Crippen LogP contribution < -0.4 is 10.2 Å². The first-order valence-electron chi connectivity index (χ1n) is 5.59. The monoisotopic (exact) mass is 217 g/mol. The summed E-state index contributed by atoms with van der Waals surface area (Å²) in [6, 6.07) is 2.03. The fourth-order valence-electron chi connectivity index (χ4n) is 1.72. The zero-order valence-corrected chi connectivity index (χ0v) is 10.0. The van der Waals surface area contributed by atoms with Crippen molar-refractivity contribution in [1.82, 2.24) is 10.3 Å². The van der Waals surface area contributed by atoms with Crippen LogP contribution >= 0.6 is 0 Å². The van der Waals surface area contributed by atoms with E-state index in [2.05, 4.69) is 28.0 Å². The molecule has 16 heavy (non-hydrogen) atoms. The Morgan fingerprint density at radius 3 is 3.00 bits per heavy atom. The van der Waals surface area contributed by atoms with Gasteiger partial charge in [-0.2, -0.15) is 0 Å². The molecule has 0 bridgehead atoms. The fourth-order valence-corrected chi connectivity index (χ4v) is 1.72. The van der Waals surface area contributed by atoms with E-state index in [1.807, 2.05) is 25.5 Å². The molecule has 1 N–H and O–H groups in total. The van der Waals surface area contributed by atoms with Crippen molar-refractivity contribution in [3.8, 4) is 12.3 Å². The van der Waals surface area contributed by atoms with Crippen LogP contribution in [0.25, 0.3) is 0 Å². The minimum absolute atomic E-state index is 0.647. The summed E-state index contributed by atoms with van der Waals surface area (Å²) < 4.78 is 0. The maximum Gasteiger partial charge on any atom is 0.0791 e. The smallest absolute Gasteiger partial charge is 0.0791 e. The molecule has 3 nitrogen and oxygen atoms in total. The van der Waals surface area contributed by atoms with E-state index in [0.717, 1.165) is 19.5 Å². The molecule has 0 amide bonds. The van der Waals surface area contributed by atoms with Crippen LogP contribution in [0.1, 0.15) is 18.9 Å². The molecule has 0 saturated carbocycles. The van der Waals surface area contributed by atoms with Crippen molar-refractivity contribution in [3.05, 3.63) is 24.0 Å². The molecule has 1 aromatic rings. The van der Waals surface area contributed by atoms with Gasteiger partial charge in [0.1, 0.15) is 0 Å². The molecule has 0 fully saturated rings. The lowest BCUT2D eigenvalue weighted by Crippen LogP contribution is -2.26. The Bertz CT molecular complexity index is 354. The zero-order valence-electron chi connectivity index (χ0n) is 10.0. The summed E-state index contributed by atoms with van der Waals surface area (Å²) in [5, 5.41) is 3.15. The van der Waals surface area contributed by atoms with Gasteiger partial charge in [-0.1, -0.05) is 12.8 Å². The highest BCUT2D eigenvalue weighted by Gasteiger charge is 2.08. The fraction of sp³-hybridized carbons (Fsp3) is 0.462. The molecule has 3 heteroatoms. The van der Waals surface area contributed by atoms with E-state index in [-0.39, 0.29) is 0 Å². The molecule has 0 atom stereocenters. The van der Waals surface area contributed by atoms with Crippen LogP contribution in [-0.4, -0.2) is 25.1 Å². The minimum atomic E-state index is 0.647. The molecule has 0 aromatic carbocycles. The zero-order chi connectivity index (χ0) is 11.8. The lowest BCUT2D eigenvalue weighted by atomic mass is 10.2. The molecule has 0 unspecified atom stereocenters. The molecule has 0 spiro atoms. The second-order valence-electron chi connectivity index (χ2n) is 3.66. The van der Waals surface area contributed by atoms with Crippen LogP contribution in [0.2, 0.25) is 0 Å². The third kappa shape index (κ3) is 3.25.